The monoisotopic (exact) mass is 517 g/mol. The van der Waals surface area contributed by atoms with E-state index in [2.05, 4.69) is 44.0 Å². The number of esters is 1. The smallest absolute Gasteiger partial charge is 0.332 e. The van der Waals surface area contributed by atoms with Gasteiger partial charge in [0, 0.05) is 37.4 Å². The molecule has 0 spiro atoms. The van der Waals surface area contributed by atoms with Crippen molar-refractivity contribution in [3.63, 3.8) is 0 Å². The topological polar surface area (TPSA) is 48.0 Å². The van der Waals surface area contributed by atoms with Crippen LogP contribution in [-0.2, 0) is 27.1 Å². The van der Waals surface area contributed by atoms with Crippen molar-refractivity contribution in [2.45, 2.75) is 55.9 Å². The molecule has 0 aromatic heterocycles. The highest BCUT2D eigenvalue weighted by atomic mass is 32.2. The van der Waals surface area contributed by atoms with Crippen molar-refractivity contribution < 1.29 is 23.4 Å². The van der Waals surface area contributed by atoms with Crippen LogP contribution >= 0.6 is 11.8 Å². The normalized spacial score (nSPS) is 19.4. The summed E-state index contributed by atoms with van der Waals surface area (Å²) in [6, 6.07) is 11.4. The van der Waals surface area contributed by atoms with Crippen LogP contribution in [0.15, 0.2) is 41.3 Å². The Kier molecular flexibility index (Phi) is 10.2. The SMILES string of the molecule is COCC(=O)O[C@@]1(CCN(C)CCc2ccc(SC)c(OC)c2)CCc2cc(F)ccc2[C@H]1C(C)C. The summed E-state index contributed by atoms with van der Waals surface area (Å²) in [6.45, 7) is 5.87. The highest BCUT2D eigenvalue weighted by molar-refractivity contribution is 7.98. The third-order valence-electron chi connectivity index (χ3n) is 7.22. The van der Waals surface area contributed by atoms with Crippen molar-refractivity contribution in [3.05, 3.63) is 58.9 Å². The number of nitrogens with zero attached hydrogens (tertiary/aromatic N) is 1. The van der Waals surface area contributed by atoms with Gasteiger partial charge in [-0.1, -0.05) is 26.0 Å². The van der Waals surface area contributed by atoms with Crippen molar-refractivity contribution in [3.8, 4) is 5.75 Å². The molecule has 0 fully saturated rings. The molecule has 0 bridgehead atoms. The van der Waals surface area contributed by atoms with Gasteiger partial charge < -0.3 is 19.1 Å². The van der Waals surface area contributed by atoms with Crippen LogP contribution in [0.3, 0.4) is 0 Å². The molecule has 2 atom stereocenters. The number of thioether (sulfide) groups is 1. The Hall–Kier alpha value is -2.09. The summed E-state index contributed by atoms with van der Waals surface area (Å²) in [6.07, 6.45) is 5.00. The molecule has 198 valence electrons. The third kappa shape index (κ3) is 6.81. The van der Waals surface area contributed by atoms with Crippen LogP contribution in [0.1, 0.15) is 49.3 Å². The molecule has 7 heteroatoms. The van der Waals surface area contributed by atoms with E-state index >= 15 is 0 Å². The van der Waals surface area contributed by atoms with E-state index < -0.39 is 5.60 Å². The standard InChI is InChI=1S/C29H40FNO4S/c1-20(2)28-24-9-8-23(30)18-22(24)11-13-29(28,35-27(32)19-33-4)14-16-31(3)15-12-21-7-10-26(36-6)25(17-21)34-5/h7-10,17-18,20,28H,11-16,19H2,1-6H3/t28-,29-/m1/s1. The van der Waals surface area contributed by atoms with E-state index in [9.17, 15) is 9.18 Å². The summed E-state index contributed by atoms with van der Waals surface area (Å²) in [7, 11) is 5.31. The van der Waals surface area contributed by atoms with Crippen molar-refractivity contribution in [1.82, 2.24) is 4.90 Å². The predicted molar refractivity (Wildman–Crippen MR) is 144 cm³/mol. The first-order valence-electron chi connectivity index (χ1n) is 12.6. The van der Waals surface area contributed by atoms with Gasteiger partial charge >= 0.3 is 5.97 Å². The highest BCUT2D eigenvalue weighted by Crippen LogP contribution is 2.48. The molecule has 0 amide bonds. The largest absolute Gasteiger partial charge is 0.496 e. The third-order valence-corrected chi connectivity index (χ3v) is 7.99. The Bertz CT molecular complexity index is 1030. The van der Waals surface area contributed by atoms with E-state index in [1.54, 1.807) is 24.9 Å². The number of aryl methyl sites for hydroxylation is 1. The maximum Gasteiger partial charge on any atom is 0.332 e. The molecule has 0 saturated heterocycles. The number of hydrogen-bond donors (Lipinski definition) is 0. The van der Waals surface area contributed by atoms with Gasteiger partial charge in [-0.05, 0) is 79.4 Å². The van der Waals surface area contributed by atoms with Gasteiger partial charge in [0.25, 0.3) is 0 Å². The van der Waals surface area contributed by atoms with Crippen LogP contribution in [0.25, 0.3) is 0 Å². The Morgan fingerprint density at radius 2 is 1.97 bits per heavy atom. The molecular weight excluding hydrogens is 477 g/mol. The lowest BCUT2D eigenvalue weighted by atomic mass is 9.65. The van der Waals surface area contributed by atoms with Gasteiger partial charge in [-0.25, -0.2) is 9.18 Å². The van der Waals surface area contributed by atoms with Crippen molar-refractivity contribution in [2.75, 3.05) is 47.2 Å². The molecule has 0 unspecified atom stereocenters. The van der Waals surface area contributed by atoms with E-state index in [4.69, 9.17) is 14.2 Å². The van der Waals surface area contributed by atoms with Crippen LogP contribution in [0.2, 0.25) is 0 Å². The summed E-state index contributed by atoms with van der Waals surface area (Å²) in [5, 5.41) is 0. The number of fused-ring (bicyclic) bond motifs is 1. The minimum absolute atomic E-state index is 0.0144. The molecule has 1 aliphatic carbocycles. The molecule has 3 rings (SSSR count). The average molecular weight is 518 g/mol. The van der Waals surface area contributed by atoms with Crippen LogP contribution in [0, 0.1) is 11.7 Å². The Morgan fingerprint density at radius 3 is 2.64 bits per heavy atom. The number of carbonyl (C=O) groups excluding carboxylic acids is 1. The summed E-state index contributed by atoms with van der Waals surface area (Å²) in [4.78, 5) is 16.1. The number of hydrogen-bond acceptors (Lipinski definition) is 6. The van der Waals surface area contributed by atoms with Gasteiger partial charge in [0.05, 0.1) is 7.11 Å². The number of methoxy groups -OCH3 is 2. The first-order chi connectivity index (χ1) is 17.2. The molecular formula is C29H40FNO4S. The molecule has 5 nitrogen and oxygen atoms in total. The zero-order valence-corrected chi connectivity index (χ0v) is 23.3. The molecule has 2 aromatic carbocycles. The van der Waals surface area contributed by atoms with Gasteiger partial charge in [-0.2, -0.15) is 0 Å². The maximum absolute atomic E-state index is 14.0. The van der Waals surface area contributed by atoms with Crippen LogP contribution in [0.5, 0.6) is 5.75 Å². The van der Waals surface area contributed by atoms with Gasteiger partial charge in [-0.15, -0.1) is 11.8 Å². The minimum Gasteiger partial charge on any atom is -0.496 e. The molecule has 0 N–H and O–H groups in total. The van der Waals surface area contributed by atoms with Gasteiger partial charge in [0.1, 0.15) is 23.8 Å². The van der Waals surface area contributed by atoms with E-state index in [1.807, 2.05) is 12.3 Å². The zero-order valence-electron chi connectivity index (χ0n) is 22.4. The fourth-order valence-corrected chi connectivity index (χ4v) is 6.06. The summed E-state index contributed by atoms with van der Waals surface area (Å²) >= 11 is 1.68. The molecule has 2 aromatic rings. The number of rotatable bonds is 12. The Morgan fingerprint density at radius 1 is 1.19 bits per heavy atom. The van der Waals surface area contributed by atoms with Crippen LogP contribution < -0.4 is 4.74 Å². The number of ether oxygens (including phenoxy) is 3. The van der Waals surface area contributed by atoms with E-state index in [0.717, 1.165) is 41.3 Å². The van der Waals surface area contributed by atoms with Crippen molar-refractivity contribution in [2.24, 2.45) is 5.92 Å². The number of likely N-dealkylation sites (N-methyl/N-ethyl adjacent to an activating group) is 1. The minimum atomic E-state index is -0.661. The predicted octanol–water partition coefficient (Wildman–Crippen LogP) is 5.74. The second-order valence-corrected chi connectivity index (χ2v) is 10.9. The fraction of sp³-hybridized carbons (Fsp3) is 0.552. The van der Waals surface area contributed by atoms with E-state index in [0.29, 0.717) is 19.3 Å². The number of benzene rings is 2. The lowest BCUT2D eigenvalue weighted by Crippen LogP contribution is -2.49. The Balaban J connectivity index is 1.77. The Labute approximate surface area is 219 Å². The number of carbonyl (C=O) groups is 1. The van der Waals surface area contributed by atoms with E-state index in [-0.39, 0.29) is 30.2 Å². The molecule has 0 radical (unpaired) electrons. The first kappa shape index (κ1) is 28.5. The molecule has 36 heavy (non-hydrogen) atoms. The number of halogens is 1. The summed E-state index contributed by atoms with van der Waals surface area (Å²) in [5.74, 6) is 0.542. The molecule has 1 aliphatic rings. The van der Waals surface area contributed by atoms with E-state index in [1.165, 1.54) is 18.7 Å². The molecule has 0 aliphatic heterocycles. The second-order valence-electron chi connectivity index (χ2n) is 10.0. The average Bonchev–Trinajstić information content (AvgIpc) is 2.85. The lowest BCUT2D eigenvalue weighted by molar-refractivity contribution is -0.172. The molecule has 0 saturated carbocycles. The van der Waals surface area contributed by atoms with Gasteiger partial charge in [-0.3, -0.25) is 0 Å². The van der Waals surface area contributed by atoms with Gasteiger partial charge in [0.2, 0.25) is 0 Å². The fourth-order valence-electron chi connectivity index (χ4n) is 5.51. The summed E-state index contributed by atoms with van der Waals surface area (Å²) < 4.78 is 30.8. The first-order valence-corrected chi connectivity index (χ1v) is 13.8. The van der Waals surface area contributed by atoms with Crippen molar-refractivity contribution >= 4 is 17.7 Å². The molecule has 0 heterocycles. The van der Waals surface area contributed by atoms with Crippen LogP contribution in [-0.4, -0.2) is 63.7 Å². The summed E-state index contributed by atoms with van der Waals surface area (Å²) in [5.41, 5.74) is 2.67. The zero-order chi connectivity index (χ0) is 26.3. The quantitative estimate of drug-likeness (QED) is 0.265. The maximum atomic E-state index is 14.0. The van der Waals surface area contributed by atoms with Crippen molar-refractivity contribution in [1.29, 1.82) is 0 Å². The van der Waals surface area contributed by atoms with Gasteiger partial charge in [0.15, 0.2) is 0 Å². The highest BCUT2D eigenvalue weighted by Gasteiger charge is 2.47. The van der Waals surface area contributed by atoms with Crippen LogP contribution in [0.4, 0.5) is 4.39 Å². The lowest BCUT2D eigenvalue weighted by Gasteiger charge is -2.47. The second kappa shape index (κ2) is 12.9.